The van der Waals surface area contributed by atoms with Gasteiger partial charge in [0.2, 0.25) is 0 Å². The molecular formula is C15H22Cl2N2O. The van der Waals surface area contributed by atoms with Crippen molar-refractivity contribution in [2.75, 3.05) is 20.2 Å². The summed E-state index contributed by atoms with van der Waals surface area (Å²) in [4.78, 5) is 2.44. The molecule has 112 valence electrons. The van der Waals surface area contributed by atoms with E-state index in [2.05, 4.69) is 11.8 Å². The predicted molar refractivity (Wildman–Crippen MR) is 84.5 cm³/mol. The highest BCUT2D eigenvalue weighted by Gasteiger charge is 2.31. The Bertz CT molecular complexity index is 455. The standard InChI is InChI=1S/C15H22Cl2N2O/c1-10(11-3-4-14(16)15(17)7-11)19-6-5-13(20-2)8-12(19)9-18/h3-4,7,10,12-13H,5-6,8-9,18H2,1-2H3. The number of halogens is 2. The molecule has 1 heterocycles. The zero-order chi connectivity index (χ0) is 14.7. The van der Waals surface area contributed by atoms with E-state index in [1.165, 1.54) is 5.56 Å². The highest BCUT2D eigenvalue weighted by Crippen LogP contribution is 2.32. The van der Waals surface area contributed by atoms with Gasteiger partial charge in [-0.1, -0.05) is 29.3 Å². The van der Waals surface area contributed by atoms with E-state index in [9.17, 15) is 0 Å². The van der Waals surface area contributed by atoms with Gasteiger partial charge in [0.25, 0.3) is 0 Å². The van der Waals surface area contributed by atoms with E-state index in [1.807, 2.05) is 18.2 Å². The summed E-state index contributed by atoms with van der Waals surface area (Å²) in [7, 11) is 1.77. The fourth-order valence-corrected chi connectivity index (χ4v) is 3.26. The summed E-state index contributed by atoms with van der Waals surface area (Å²) in [6.45, 7) is 3.82. The molecule has 3 nitrogen and oxygen atoms in total. The number of nitrogens with zero attached hydrogens (tertiary/aromatic N) is 1. The monoisotopic (exact) mass is 316 g/mol. The number of ether oxygens (including phenoxy) is 1. The maximum Gasteiger partial charge on any atom is 0.0599 e. The molecule has 0 radical (unpaired) electrons. The molecule has 0 aromatic heterocycles. The first-order valence-corrected chi connectivity index (χ1v) is 7.76. The highest BCUT2D eigenvalue weighted by atomic mass is 35.5. The van der Waals surface area contributed by atoms with E-state index < -0.39 is 0 Å². The van der Waals surface area contributed by atoms with Gasteiger partial charge in [-0.2, -0.15) is 0 Å². The summed E-state index contributed by atoms with van der Waals surface area (Å²) >= 11 is 12.1. The second-order valence-corrected chi connectivity index (χ2v) is 6.17. The molecule has 2 N–H and O–H groups in total. The maximum atomic E-state index is 6.12. The second kappa shape index (κ2) is 7.10. The molecule has 0 spiro atoms. The molecule has 2 rings (SSSR count). The van der Waals surface area contributed by atoms with Gasteiger partial charge >= 0.3 is 0 Å². The normalized spacial score (nSPS) is 25.6. The van der Waals surface area contributed by atoms with E-state index in [4.69, 9.17) is 33.7 Å². The highest BCUT2D eigenvalue weighted by molar-refractivity contribution is 6.42. The summed E-state index contributed by atoms with van der Waals surface area (Å²) in [6.07, 6.45) is 2.35. The largest absolute Gasteiger partial charge is 0.381 e. The zero-order valence-corrected chi connectivity index (χ0v) is 13.5. The molecule has 0 bridgehead atoms. The third-order valence-corrected chi connectivity index (χ3v) is 4.98. The lowest BCUT2D eigenvalue weighted by Gasteiger charge is -2.42. The van der Waals surface area contributed by atoms with Gasteiger partial charge in [0.15, 0.2) is 0 Å². The molecule has 0 amide bonds. The van der Waals surface area contributed by atoms with Gasteiger partial charge in [0, 0.05) is 32.3 Å². The number of likely N-dealkylation sites (tertiary alicyclic amines) is 1. The van der Waals surface area contributed by atoms with E-state index in [1.54, 1.807) is 7.11 Å². The van der Waals surface area contributed by atoms with Crippen LogP contribution in [-0.2, 0) is 4.74 Å². The molecule has 3 unspecified atom stereocenters. The Balaban J connectivity index is 2.14. The number of hydrogen-bond donors (Lipinski definition) is 1. The van der Waals surface area contributed by atoms with Crippen LogP contribution < -0.4 is 5.73 Å². The minimum Gasteiger partial charge on any atom is -0.381 e. The van der Waals surface area contributed by atoms with Crippen LogP contribution >= 0.6 is 23.2 Å². The molecule has 5 heteroatoms. The molecule has 0 aliphatic carbocycles. The van der Waals surface area contributed by atoms with Crippen molar-refractivity contribution in [1.29, 1.82) is 0 Å². The molecule has 1 aromatic rings. The molecule has 1 aliphatic heterocycles. The zero-order valence-electron chi connectivity index (χ0n) is 12.0. The van der Waals surface area contributed by atoms with Crippen molar-refractivity contribution in [2.45, 2.75) is 38.0 Å². The molecule has 0 saturated carbocycles. The number of rotatable bonds is 4. The Morgan fingerprint density at radius 1 is 1.40 bits per heavy atom. The van der Waals surface area contributed by atoms with Crippen LogP contribution in [0.15, 0.2) is 18.2 Å². The van der Waals surface area contributed by atoms with E-state index in [0.29, 0.717) is 28.7 Å². The first kappa shape index (κ1) is 16.1. The van der Waals surface area contributed by atoms with Gasteiger partial charge in [-0.25, -0.2) is 0 Å². The average molecular weight is 317 g/mol. The van der Waals surface area contributed by atoms with Crippen molar-refractivity contribution >= 4 is 23.2 Å². The minimum absolute atomic E-state index is 0.274. The summed E-state index contributed by atoms with van der Waals surface area (Å²) in [6, 6.07) is 6.46. The Hall–Kier alpha value is -0.320. The summed E-state index contributed by atoms with van der Waals surface area (Å²) < 4.78 is 5.47. The molecule has 20 heavy (non-hydrogen) atoms. The van der Waals surface area contributed by atoms with Crippen LogP contribution in [0.2, 0.25) is 10.0 Å². The number of hydrogen-bond acceptors (Lipinski definition) is 3. The summed E-state index contributed by atoms with van der Waals surface area (Å²) in [5.41, 5.74) is 7.11. The smallest absolute Gasteiger partial charge is 0.0599 e. The van der Waals surface area contributed by atoms with Crippen molar-refractivity contribution in [3.63, 3.8) is 0 Å². The summed E-state index contributed by atoms with van der Waals surface area (Å²) in [5, 5.41) is 1.20. The number of nitrogens with two attached hydrogens (primary N) is 1. The Kier molecular flexibility index (Phi) is 5.70. The SMILES string of the molecule is COC1CCN(C(C)c2ccc(Cl)c(Cl)c2)C(CN)C1. The van der Waals surface area contributed by atoms with Crippen LogP contribution in [0.4, 0.5) is 0 Å². The number of methoxy groups -OCH3 is 1. The van der Waals surface area contributed by atoms with Crippen LogP contribution in [-0.4, -0.2) is 37.2 Å². The molecule has 1 aliphatic rings. The van der Waals surface area contributed by atoms with E-state index in [0.717, 1.165) is 19.4 Å². The number of piperidine rings is 1. The first-order chi connectivity index (χ1) is 9.56. The van der Waals surface area contributed by atoms with E-state index >= 15 is 0 Å². The van der Waals surface area contributed by atoms with Crippen molar-refractivity contribution < 1.29 is 4.74 Å². The van der Waals surface area contributed by atoms with Crippen LogP contribution in [0.25, 0.3) is 0 Å². The lowest BCUT2D eigenvalue weighted by Crippen LogP contribution is -2.49. The van der Waals surface area contributed by atoms with Crippen molar-refractivity contribution in [1.82, 2.24) is 4.90 Å². The Labute approximate surface area is 131 Å². The van der Waals surface area contributed by atoms with Gasteiger partial charge in [-0.05, 0) is 37.5 Å². The van der Waals surface area contributed by atoms with Crippen LogP contribution in [0.3, 0.4) is 0 Å². The topological polar surface area (TPSA) is 38.5 Å². The Morgan fingerprint density at radius 2 is 2.15 bits per heavy atom. The Morgan fingerprint density at radius 3 is 2.75 bits per heavy atom. The van der Waals surface area contributed by atoms with Gasteiger partial charge in [0.1, 0.15) is 0 Å². The van der Waals surface area contributed by atoms with Crippen molar-refractivity contribution in [3.8, 4) is 0 Å². The van der Waals surface area contributed by atoms with Crippen LogP contribution in [0.1, 0.15) is 31.4 Å². The minimum atomic E-state index is 0.274. The van der Waals surface area contributed by atoms with Crippen LogP contribution in [0.5, 0.6) is 0 Å². The van der Waals surface area contributed by atoms with Crippen molar-refractivity contribution in [3.05, 3.63) is 33.8 Å². The fourth-order valence-electron chi connectivity index (χ4n) is 2.95. The quantitative estimate of drug-likeness (QED) is 0.924. The lowest BCUT2D eigenvalue weighted by molar-refractivity contribution is -0.00163. The third kappa shape index (κ3) is 3.46. The van der Waals surface area contributed by atoms with Gasteiger partial charge < -0.3 is 10.5 Å². The predicted octanol–water partition coefficient (Wildman–Crippen LogP) is 3.49. The summed E-state index contributed by atoms with van der Waals surface area (Å²) in [5.74, 6) is 0. The average Bonchev–Trinajstić information content (AvgIpc) is 2.48. The molecule has 1 fully saturated rings. The molecule has 1 saturated heterocycles. The van der Waals surface area contributed by atoms with E-state index in [-0.39, 0.29) is 6.04 Å². The first-order valence-electron chi connectivity index (χ1n) is 7.00. The fraction of sp³-hybridized carbons (Fsp3) is 0.600. The van der Waals surface area contributed by atoms with Gasteiger partial charge in [-0.15, -0.1) is 0 Å². The molecular weight excluding hydrogens is 295 g/mol. The lowest BCUT2D eigenvalue weighted by atomic mass is 9.95. The molecule has 1 aromatic carbocycles. The van der Waals surface area contributed by atoms with Crippen molar-refractivity contribution in [2.24, 2.45) is 5.73 Å². The van der Waals surface area contributed by atoms with Gasteiger partial charge in [-0.3, -0.25) is 4.90 Å². The number of benzene rings is 1. The maximum absolute atomic E-state index is 6.12. The van der Waals surface area contributed by atoms with Gasteiger partial charge in [0.05, 0.1) is 16.1 Å². The third-order valence-electron chi connectivity index (χ3n) is 4.24. The molecule has 3 atom stereocenters. The van der Waals surface area contributed by atoms with Crippen LogP contribution in [0, 0.1) is 0 Å². The second-order valence-electron chi connectivity index (χ2n) is 5.36.